The monoisotopic (exact) mass is 522 g/mol. The molecule has 0 saturated heterocycles. The van der Waals surface area contributed by atoms with Gasteiger partial charge >= 0.3 is 5.97 Å². The van der Waals surface area contributed by atoms with E-state index in [1.54, 1.807) is 0 Å². The van der Waals surface area contributed by atoms with E-state index in [2.05, 4.69) is 5.32 Å². The Morgan fingerprint density at radius 3 is 2.38 bits per heavy atom. The van der Waals surface area contributed by atoms with Gasteiger partial charge < -0.3 is 15.3 Å². The lowest BCUT2D eigenvalue weighted by molar-refractivity contribution is -0.143. The van der Waals surface area contributed by atoms with Crippen LogP contribution in [0.5, 0.6) is 0 Å². The summed E-state index contributed by atoms with van der Waals surface area (Å²) in [6.45, 7) is 1.16. The molecular weight excluding hydrogens is 488 g/mol. The molecule has 0 radical (unpaired) electrons. The number of amides is 2. The summed E-state index contributed by atoms with van der Waals surface area (Å²) in [5, 5.41) is 12.7. The SMILES string of the molecule is O=C(Nc1cccc(CC2(C(=O)O)CC2)c1)C(c1ccc(CN2Cc3ccccc3C2=O)cc1)C1CCCC1. The van der Waals surface area contributed by atoms with Gasteiger partial charge in [0.25, 0.3) is 5.91 Å². The molecule has 39 heavy (non-hydrogen) atoms. The zero-order chi connectivity index (χ0) is 27.0. The quantitative estimate of drug-likeness (QED) is 0.352. The van der Waals surface area contributed by atoms with Crippen LogP contribution in [0.4, 0.5) is 5.69 Å². The van der Waals surface area contributed by atoms with Crippen molar-refractivity contribution in [3.8, 4) is 0 Å². The van der Waals surface area contributed by atoms with Gasteiger partial charge in [-0.15, -0.1) is 0 Å². The predicted molar refractivity (Wildman–Crippen MR) is 149 cm³/mol. The van der Waals surface area contributed by atoms with E-state index in [9.17, 15) is 19.5 Å². The fraction of sp³-hybridized carbons (Fsp3) is 0.364. The summed E-state index contributed by atoms with van der Waals surface area (Å²) in [7, 11) is 0. The fourth-order valence-electron chi connectivity index (χ4n) is 6.41. The van der Waals surface area contributed by atoms with Crippen LogP contribution in [-0.2, 0) is 29.1 Å². The standard InChI is InChI=1S/C33H34N2O4/c36-30(34-27-10-5-6-23(18-27)19-33(16-17-33)32(38)39)29(24-7-1-2-8-24)25-14-12-22(13-15-25)20-35-21-26-9-3-4-11-28(26)31(35)37/h3-6,9-15,18,24,29H,1-2,7-8,16-17,19-21H2,(H,34,36)(H,38,39). The van der Waals surface area contributed by atoms with Crippen molar-refractivity contribution >= 4 is 23.5 Å². The van der Waals surface area contributed by atoms with Gasteiger partial charge in [-0.05, 0) is 78.5 Å². The second-order valence-corrected chi connectivity index (χ2v) is 11.5. The van der Waals surface area contributed by atoms with Crippen molar-refractivity contribution in [2.75, 3.05) is 5.32 Å². The molecule has 6 nitrogen and oxygen atoms in total. The van der Waals surface area contributed by atoms with Gasteiger partial charge in [0, 0.05) is 24.3 Å². The highest BCUT2D eigenvalue weighted by atomic mass is 16.4. The third kappa shape index (κ3) is 5.20. The summed E-state index contributed by atoms with van der Waals surface area (Å²) in [5.74, 6) is -0.653. The summed E-state index contributed by atoms with van der Waals surface area (Å²) in [4.78, 5) is 40.0. The minimum atomic E-state index is -0.736. The van der Waals surface area contributed by atoms with E-state index in [0.717, 1.165) is 53.5 Å². The number of hydrogen-bond donors (Lipinski definition) is 2. The van der Waals surface area contributed by atoms with Crippen LogP contribution in [0.3, 0.4) is 0 Å². The van der Waals surface area contributed by atoms with Gasteiger partial charge in [0.2, 0.25) is 5.91 Å². The number of fused-ring (bicyclic) bond motifs is 1. The number of aliphatic carboxylic acids is 1. The van der Waals surface area contributed by atoms with Crippen molar-refractivity contribution in [3.63, 3.8) is 0 Å². The lowest BCUT2D eigenvalue weighted by Gasteiger charge is -2.24. The highest BCUT2D eigenvalue weighted by molar-refractivity contribution is 5.98. The van der Waals surface area contributed by atoms with Gasteiger partial charge in [0.15, 0.2) is 0 Å². The minimum absolute atomic E-state index is 0.0173. The molecule has 6 heteroatoms. The fourth-order valence-corrected chi connectivity index (χ4v) is 6.41. The molecule has 3 aromatic rings. The minimum Gasteiger partial charge on any atom is -0.481 e. The van der Waals surface area contributed by atoms with E-state index in [4.69, 9.17) is 0 Å². The number of carbonyl (C=O) groups excluding carboxylic acids is 2. The average molecular weight is 523 g/mol. The maximum Gasteiger partial charge on any atom is 0.309 e. The molecule has 0 spiro atoms. The molecule has 1 unspecified atom stereocenters. The van der Waals surface area contributed by atoms with Crippen LogP contribution in [0.15, 0.2) is 72.8 Å². The van der Waals surface area contributed by atoms with Crippen LogP contribution >= 0.6 is 0 Å². The Balaban J connectivity index is 1.16. The van der Waals surface area contributed by atoms with Crippen LogP contribution < -0.4 is 5.32 Å². The molecule has 2 N–H and O–H groups in total. The van der Waals surface area contributed by atoms with Crippen molar-refractivity contribution in [2.24, 2.45) is 11.3 Å². The molecule has 3 aliphatic rings. The van der Waals surface area contributed by atoms with E-state index in [1.807, 2.05) is 77.7 Å². The Morgan fingerprint density at radius 1 is 0.949 bits per heavy atom. The Labute approximate surface area is 229 Å². The molecule has 0 aromatic heterocycles. The van der Waals surface area contributed by atoms with Gasteiger partial charge in [0.05, 0.1) is 11.3 Å². The first kappa shape index (κ1) is 25.4. The molecule has 2 fully saturated rings. The van der Waals surface area contributed by atoms with Crippen molar-refractivity contribution in [2.45, 2.75) is 64.0 Å². The van der Waals surface area contributed by atoms with Gasteiger partial charge in [-0.25, -0.2) is 0 Å². The van der Waals surface area contributed by atoms with Crippen LogP contribution in [0, 0.1) is 11.3 Å². The molecule has 2 saturated carbocycles. The van der Waals surface area contributed by atoms with Crippen molar-refractivity contribution in [3.05, 3.63) is 101 Å². The van der Waals surface area contributed by atoms with E-state index in [0.29, 0.717) is 38.0 Å². The first-order valence-corrected chi connectivity index (χ1v) is 14.0. The normalized spacial score (nSPS) is 18.6. The predicted octanol–water partition coefficient (Wildman–Crippen LogP) is 6.16. The maximum atomic E-state index is 13.7. The van der Waals surface area contributed by atoms with Crippen molar-refractivity contribution in [1.82, 2.24) is 4.90 Å². The molecule has 2 amide bonds. The molecule has 3 aromatic carbocycles. The van der Waals surface area contributed by atoms with Crippen molar-refractivity contribution < 1.29 is 19.5 Å². The third-order valence-corrected chi connectivity index (χ3v) is 8.81. The number of nitrogens with one attached hydrogen (secondary N) is 1. The summed E-state index contributed by atoms with van der Waals surface area (Å²) in [6.07, 6.45) is 6.23. The number of carboxylic acids is 1. The Bertz CT molecular complexity index is 1400. The summed E-state index contributed by atoms with van der Waals surface area (Å²) in [5.41, 5.74) is 4.91. The third-order valence-electron chi connectivity index (χ3n) is 8.81. The van der Waals surface area contributed by atoms with E-state index in [-0.39, 0.29) is 23.7 Å². The second-order valence-electron chi connectivity index (χ2n) is 11.5. The number of rotatable bonds is 9. The maximum absolute atomic E-state index is 13.7. The summed E-state index contributed by atoms with van der Waals surface area (Å²) < 4.78 is 0. The topological polar surface area (TPSA) is 86.7 Å². The highest BCUT2D eigenvalue weighted by Gasteiger charge is 2.50. The number of nitrogens with zero attached hydrogens (tertiary/aromatic N) is 1. The van der Waals surface area contributed by atoms with Crippen LogP contribution in [0.25, 0.3) is 0 Å². The molecule has 1 aliphatic heterocycles. The van der Waals surface area contributed by atoms with Crippen LogP contribution in [-0.4, -0.2) is 27.8 Å². The first-order chi connectivity index (χ1) is 18.9. The largest absolute Gasteiger partial charge is 0.481 e. The average Bonchev–Trinajstić information content (AvgIpc) is 3.39. The molecular formula is C33H34N2O4. The van der Waals surface area contributed by atoms with E-state index in [1.165, 1.54) is 0 Å². The Morgan fingerprint density at radius 2 is 1.69 bits per heavy atom. The Hall–Kier alpha value is -3.93. The molecule has 2 aliphatic carbocycles. The number of carbonyl (C=O) groups is 3. The van der Waals surface area contributed by atoms with Gasteiger partial charge in [-0.3, -0.25) is 14.4 Å². The number of carboxylic acid groups (broad SMARTS) is 1. The van der Waals surface area contributed by atoms with Gasteiger partial charge in [0.1, 0.15) is 0 Å². The summed E-state index contributed by atoms with van der Waals surface area (Å²) in [6, 6.07) is 23.6. The van der Waals surface area contributed by atoms with Crippen LogP contribution in [0.1, 0.15) is 77.1 Å². The number of anilines is 1. The summed E-state index contributed by atoms with van der Waals surface area (Å²) >= 11 is 0. The highest BCUT2D eigenvalue weighted by Crippen LogP contribution is 2.48. The van der Waals surface area contributed by atoms with E-state index >= 15 is 0 Å². The molecule has 0 bridgehead atoms. The smallest absolute Gasteiger partial charge is 0.309 e. The molecule has 6 rings (SSSR count). The van der Waals surface area contributed by atoms with Crippen molar-refractivity contribution in [1.29, 1.82) is 0 Å². The molecule has 1 heterocycles. The van der Waals surface area contributed by atoms with E-state index < -0.39 is 11.4 Å². The lowest BCUT2D eigenvalue weighted by Crippen LogP contribution is -2.27. The Kier molecular flexibility index (Phi) is 6.71. The van der Waals surface area contributed by atoms with Gasteiger partial charge in [-0.1, -0.05) is 67.4 Å². The lowest BCUT2D eigenvalue weighted by atomic mass is 9.83. The zero-order valence-electron chi connectivity index (χ0n) is 22.1. The zero-order valence-corrected chi connectivity index (χ0v) is 22.1. The number of hydrogen-bond acceptors (Lipinski definition) is 3. The molecule has 200 valence electrons. The van der Waals surface area contributed by atoms with Gasteiger partial charge in [-0.2, -0.15) is 0 Å². The molecule has 1 atom stereocenters. The second kappa shape index (κ2) is 10.3. The first-order valence-electron chi connectivity index (χ1n) is 14.0. The van der Waals surface area contributed by atoms with Crippen LogP contribution in [0.2, 0.25) is 0 Å². The number of benzene rings is 3.